The molecule has 0 radical (unpaired) electrons. The SMILES string of the molecule is CCOC(=O)N1C(=O)N=C(C)C(C#N)C1c1ccc(C)cc1. The number of ether oxygens (including phenoxy) is 1. The lowest BCUT2D eigenvalue weighted by Gasteiger charge is -2.34. The van der Waals surface area contributed by atoms with E-state index in [1.165, 1.54) is 0 Å². The molecule has 1 heterocycles. The van der Waals surface area contributed by atoms with Crippen LogP contribution in [0.25, 0.3) is 0 Å². The smallest absolute Gasteiger partial charge is 0.418 e. The summed E-state index contributed by atoms with van der Waals surface area (Å²) in [6.07, 6.45) is -0.783. The van der Waals surface area contributed by atoms with Crippen molar-refractivity contribution < 1.29 is 14.3 Å². The second-order valence-corrected chi connectivity index (χ2v) is 5.07. The van der Waals surface area contributed by atoms with Gasteiger partial charge in [0.2, 0.25) is 0 Å². The Kier molecular flexibility index (Phi) is 4.56. The van der Waals surface area contributed by atoms with Crippen LogP contribution in [-0.4, -0.2) is 29.3 Å². The molecular formula is C16H17N3O3. The van der Waals surface area contributed by atoms with E-state index in [0.717, 1.165) is 10.5 Å². The number of aryl methyl sites for hydroxylation is 1. The molecule has 6 heteroatoms. The molecule has 1 aromatic rings. The molecular weight excluding hydrogens is 282 g/mol. The number of nitriles is 1. The third kappa shape index (κ3) is 2.84. The molecule has 2 atom stereocenters. The van der Waals surface area contributed by atoms with Gasteiger partial charge in [0.15, 0.2) is 0 Å². The van der Waals surface area contributed by atoms with E-state index in [-0.39, 0.29) is 6.61 Å². The van der Waals surface area contributed by atoms with Crippen LogP contribution >= 0.6 is 0 Å². The highest BCUT2D eigenvalue weighted by atomic mass is 16.6. The van der Waals surface area contributed by atoms with Gasteiger partial charge in [-0.1, -0.05) is 29.8 Å². The third-order valence-corrected chi connectivity index (χ3v) is 3.54. The van der Waals surface area contributed by atoms with Gasteiger partial charge in [0.05, 0.1) is 18.7 Å². The molecule has 2 rings (SSSR count). The lowest BCUT2D eigenvalue weighted by atomic mass is 9.88. The van der Waals surface area contributed by atoms with Crippen LogP contribution in [0, 0.1) is 24.2 Å². The first-order chi connectivity index (χ1) is 10.5. The average Bonchev–Trinajstić information content (AvgIpc) is 2.47. The van der Waals surface area contributed by atoms with Gasteiger partial charge in [-0.3, -0.25) is 0 Å². The molecule has 0 aromatic heterocycles. The Labute approximate surface area is 129 Å². The number of carbonyl (C=O) groups is 2. The second kappa shape index (κ2) is 6.39. The number of urea groups is 1. The zero-order valence-corrected chi connectivity index (χ0v) is 12.7. The van der Waals surface area contributed by atoms with E-state index < -0.39 is 24.1 Å². The number of hydrogen-bond donors (Lipinski definition) is 0. The van der Waals surface area contributed by atoms with Crippen molar-refractivity contribution in [3.8, 4) is 6.07 Å². The van der Waals surface area contributed by atoms with Crippen molar-refractivity contribution >= 4 is 17.8 Å². The van der Waals surface area contributed by atoms with E-state index in [4.69, 9.17) is 4.74 Å². The highest BCUT2D eigenvalue weighted by molar-refractivity contribution is 6.04. The Balaban J connectivity index is 2.52. The van der Waals surface area contributed by atoms with Gasteiger partial charge in [-0.2, -0.15) is 5.26 Å². The minimum absolute atomic E-state index is 0.142. The summed E-state index contributed by atoms with van der Waals surface area (Å²) in [7, 11) is 0. The molecule has 1 aromatic carbocycles. The van der Waals surface area contributed by atoms with Gasteiger partial charge in [-0.25, -0.2) is 19.5 Å². The Morgan fingerprint density at radius 3 is 2.55 bits per heavy atom. The van der Waals surface area contributed by atoms with Crippen molar-refractivity contribution in [1.82, 2.24) is 4.90 Å². The molecule has 3 amide bonds. The minimum atomic E-state index is -0.783. The minimum Gasteiger partial charge on any atom is -0.449 e. The van der Waals surface area contributed by atoms with E-state index in [1.807, 2.05) is 31.2 Å². The molecule has 2 unspecified atom stereocenters. The Bertz CT molecular complexity index is 658. The molecule has 0 fully saturated rings. The van der Waals surface area contributed by atoms with Crippen LogP contribution < -0.4 is 0 Å². The maximum absolute atomic E-state index is 12.2. The van der Waals surface area contributed by atoms with Gasteiger partial charge in [0.25, 0.3) is 0 Å². The predicted octanol–water partition coefficient (Wildman–Crippen LogP) is 3.23. The quantitative estimate of drug-likeness (QED) is 0.839. The van der Waals surface area contributed by atoms with Crippen LogP contribution in [0.1, 0.15) is 31.0 Å². The number of imide groups is 1. The number of rotatable bonds is 2. The molecule has 0 aliphatic carbocycles. The van der Waals surface area contributed by atoms with E-state index in [9.17, 15) is 14.9 Å². The second-order valence-electron chi connectivity index (χ2n) is 5.07. The normalized spacial score (nSPS) is 21.1. The lowest BCUT2D eigenvalue weighted by Crippen LogP contribution is -2.46. The number of aliphatic imine (C=N–C) groups is 1. The summed E-state index contributed by atoms with van der Waals surface area (Å²) < 4.78 is 4.94. The van der Waals surface area contributed by atoms with E-state index in [1.54, 1.807) is 13.8 Å². The largest absolute Gasteiger partial charge is 0.449 e. The van der Waals surface area contributed by atoms with Crippen LogP contribution in [0.4, 0.5) is 9.59 Å². The predicted molar refractivity (Wildman–Crippen MR) is 80.4 cm³/mol. The zero-order chi connectivity index (χ0) is 16.3. The highest BCUT2D eigenvalue weighted by Gasteiger charge is 2.42. The Hall–Kier alpha value is -2.68. The molecule has 1 aliphatic rings. The molecule has 0 saturated heterocycles. The fourth-order valence-electron chi connectivity index (χ4n) is 2.42. The summed E-state index contributed by atoms with van der Waals surface area (Å²) in [5.74, 6) is -0.690. The van der Waals surface area contributed by atoms with Crippen molar-refractivity contribution in [2.24, 2.45) is 10.9 Å². The van der Waals surface area contributed by atoms with Gasteiger partial charge in [-0.05, 0) is 26.3 Å². The Morgan fingerprint density at radius 2 is 2.00 bits per heavy atom. The summed E-state index contributed by atoms with van der Waals surface area (Å²) in [4.78, 5) is 29.0. The van der Waals surface area contributed by atoms with Crippen LogP contribution in [0.3, 0.4) is 0 Å². The molecule has 0 spiro atoms. The van der Waals surface area contributed by atoms with Crippen molar-refractivity contribution in [2.45, 2.75) is 26.8 Å². The molecule has 1 aliphatic heterocycles. The van der Waals surface area contributed by atoms with Crippen molar-refractivity contribution in [1.29, 1.82) is 5.26 Å². The standard InChI is InChI=1S/C16H17N3O3/c1-4-22-16(21)19-14(12-7-5-10(2)6-8-12)13(9-17)11(3)18-15(19)20/h5-8,13-14H,4H2,1-3H3. The molecule has 6 nitrogen and oxygen atoms in total. The molecule has 0 N–H and O–H groups in total. The number of benzene rings is 1. The number of carbonyl (C=O) groups excluding carboxylic acids is 2. The van der Waals surface area contributed by atoms with Crippen LogP contribution in [0.5, 0.6) is 0 Å². The van der Waals surface area contributed by atoms with E-state index in [0.29, 0.717) is 11.3 Å². The summed E-state index contributed by atoms with van der Waals surface area (Å²) in [5.41, 5.74) is 2.15. The Morgan fingerprint density at radius 1 is 1.36 bits per heavy atom. The first-order valence-corrected chi connectivity index (χ1v) is 7.01. The maximum Gasteiger partial charge on any atom is 0.418 e. The monoisotopic (exact) mass is 299 g/mol. The van der Waals surface area contributed by atoms with Crippen LogP contribution in [0.2, 0.25) is 0 Å². The molecule has 0 saturated carbocycles. The van der Waals surface area contributed by atoms with Crippen molar-refractivity contribution in [3.05, 3.63) is 35.4 Å². The van der Waals surface area contributed by atoms with Crippen LogP contribution in [0.15, 0.2) is 29.3 Å². The first-order valence-electron chi connectivity index (χ1n) is 7.01. The van der Waals surface area contributed by atoms with Crippen molar-refractivity contribution in [2.75, 3.05) is 6.61 Å². The van der Waals surface area contributed by atoms with E-state index >= 15 is 0 Å². The topological polar surface area (TPSA) is 82.8 Å². The van der Waals surface area contributed by atoms with Gasteiger partial charge in [0.1, 0.15) is 5.92 Å². The summed E-state index contributed by atoms with van der Waals surface area (Å²) in [6, 6.07) is 8.07. The highest BCUT2D eigenvalue weighted by Crippen LogP contribution is 2.34. The van der Waals surface area contributed by atoms with Gasteiger partial charge in [-0.15, -0.1) is 0 Å². The van der Waals surface area contributed by atoms with Crippen LogP contribution in [-0.2, 0) is 4.74 Å². The zero-order valence-electron chi connectivity index (χ0n) is 12.7. The number of nitrogens with zero attached hydrogens (tertiary/aromatic N) is 3. The van der Waals surface area contributed by atoms with Gasteiger partial charge < -0.3 is 4.74 Å². The first kappa shape index (κ1) is 15.7. The number of hydrogen-bond acceptors (Lipinski definition) is 4. The summed E-state index contributed by atoms with van der Waals surface area (Å²) >= 11 is 0. The lowest BCUT2D eigenvalue weighted by molar-refractivity contribution is 0.0982. The fraction of sp³-hybridized carbons (Fsp3) is 0.375. The van der Waals surface area contributed by atoms with Crippen molar-refractivity contribution in [3.63, 3.8) is 0 Å². The summed E-state index contributed by atoms with van der Waals surface area (Å²) in [5, 5.41) is 9.44. The third-order valence-electron chi connectivity index (χ3n) is 3.54. The maximum atomic E-state index is 12.2. The van der Waals surface area contributed by atoms with Gasteiger partial charge in [0, 0.05) is 5.71 Å². The molecule has 114 valence electrons. The summed E-state index contributed by atoms with van der Waals surface area (Å²) in [6.45, 7) is 5.36. The molecule has 0 bridgehead atoms. The van der Waals surface area contributed by atoms with E-state index in [2.05, 4.69) is 11.1 Å². The molecule has 22 heavy (non-hydrogen) atoms. The average molecular weight is 299 g/mol. The fourth-order valence-corrected chi connectivity index (χ4v) is 2.42. The van der Waals surface area contributed by atoms with Gasteiger partial charge >= 0.3 is 12.1 Å². The number of amides is 3.